The van der Waals surface area contributed by atoms with Crippen molar-refractivity contribution < 1.29 is 13.9 Å². The lowest BCUT2D eigenvalue weighted by Gasteiger charge is -2.38. The van der Waals surface area contributed by atoms with E-state index in [1.54, 1.807) is 6.07 Å². The number of rotatable bonds is 2. The van der Waals surface area contributed by atoms with Crippen molar-refractivity contribution in [2.75, 3.05) is 4.90 Å². The van der Waals surface area contributed by atoms with Crippen molar-refractivity contribution in [2.45, 2.75) is 0 Å². The molecule has 198 valence electrons. The number of anilines is 3. The zero-order valence-corrected chi connectivity index (χ0v) is 22.2. The fraction of sp³-hybridized carbons (Fsp3) is 0. The van der Waals surface area contributed by atoms with Crippen LogP contribution < -0.4 is 19.8 Å². The zero-order valence-electron chi connectivity index (χ0n) is 22.2. The predicted molar refractivity (Wildman–Crippen MR) is 166 cm³/mol. The molecule has 5 heteroatoms. The highest BCUT2D eigenvalue weighted by Gasteiger charge is 2.34. The summed E-state index contributed by atoms with van der Waals surface area (Å²) in [5.74, 6) is 3.09. The van der Waals surface area contributed by atoms with Crippen LogP contribution in [0.1, 0.15) is 0 Å². The van der Waals surface area contributed by atoms with Crippen LogP contribution in [-0.4, -0.2) is 0 Å². The van der Waals surface area contributed by atoms with Crippen molar-refractivity contribution in [2.24, 2.45) is 0 Å². The second-order valence-electron chi connectivity index (χ2n) is 10.5. The van der Waals surface area contributed by atoms with E-state index >= 15 is 0 Å². The first kappa shape index (κ1) is 22.9. The molecule has 0 amide bonds. The molecule has 1 aromatic heterocycles. The van der Waals surface area contributed by atoms with Crippen LogP contribution in [-0.2, 0) is 0 Å². The monoisotopic (exact) mass is 543 g/mol. The Morgan fingerprint density at radius 1 is 0.452 bits per heavy atom. The van der Waals surface area contributed by atoms with Gasteiger partial charge >= 0.3 is 0 Å². The molecule has 3 heterocycles. The normalized spacial score (nSPS) is 12.7. The standard InChI is InChI=1S/C37H21NO4/c39-37-26-7-1-4-10-30(26)40-31-18-17-24(19-27(31)37)22-13-15-23(16-14-22)25-20-34-36-35(21-25)42-33-12-6-3-9-29(33)38(36)28-8-2-5-11-32(28)41-34/h1-21H. The van der Waals surface area contributed by atoms with Crippen LogP contribution in [0, 0.1) is 0 Å². The van der Waals surface area contributed by atoms with Crippen LogP contribution >= 0.6 is 0 Å². The molecule has 0 saturated carbocycles. The van der Waals surface area contributed by atoms with Crippen LogP contribution in [0.25, 0.3) is 44.2 Å². The van der Waals surface area contributed by atoms with Gasteiger partial charge in [-0.1, -0.05) is 66.7 Å². The minimum absolute atomic E-state index is 0.0226. The minimum atomic E-state index is -0.0226. The van der Waals surface area contributed by atoms with Crippen LogP contribution in [0.3, 0.4) is 0 Å². The number of benzene rings is 6. The molecule has 42 heavy (non-hydrogen) atoms. The third-order valence-electron chi connectivity index (χ3n) is 8.04. The van der Waals surface area contributed by atoms with E-state index in [0.29, 0.717) is 21.9 Å². The van der Waals surface area contributed by atoms with Gasteiger partial charge in [0.1, 0.15) is 16.9 Å². The van der Waals surface area contributed by atoms with Gasteiger partial charge in [0.05, 0.1) is 22.1 Å². The third-order valence-corrected chi connectivity index (χ3v) is 8.04. The summed E-state index contributed by atoms with van der Waals surface area (Å²) < 4.78 is 18.8. The van der Waals surface area contributed by atoms with E-state index in [1.807, 2.05) is 72.8 Å². The van der Waals surface area contributed by atoms with Crippen LogP contribution in [0.15, 0.2) is 137 Å². The molecule has 0 spiro atoms. The molecule has 0 atom stereocenters. The van der Waals surface area contributed by atoms with Gasteiger partial charge in [0.15, 0.2) is 23.0 Å². The van der Waals surface area contributed by atoms with Gasteiger partial charge in [0.2, 0.25) is 5.43 Å². The van der Waals surface area contributed by atoms with E-state index in [-0.39, 0.29) is 5.43 Å². The SMILES string of the molecule is O=c1c2ccccc2oc2ccc(-c3ccc(-c4cc5c6c(c4)Oc4ccccc4N6c4ccccc4O5)cc3)cc12. The van der Waals surface area contributed by atoms with Crippen molar-refractivity contribution in [1.82, 2.24) is 0 Å². The minimum Gasteiger partial charge on any atom is -0.456 e. The average Bonchev–Trinajstić information content (AvgIpc) is 3.04. The molecule has 2 aliphatic heterocycles. The Morgan fingerprint density at radius 2 is 1.00 bits per heavy atom. The maximum atomic E-state index is 13.2. The second kappa shape index (κ2) is 8.59. The molecule has 5 nitrogen and oxygen atoms in total. The molecule has 0 N–H and O–H groups in total. The average molecular weight is 544 g/mol. The van der Waals surface area contributed by atoms with E-state index in [1.165, 1.54) is 0 Å². The Labute approximate surface area is 240 Å². The molecule has 6 aromatic carbocycles. The molecule has 0 aliphatic carbocycles. The quantitative estimate of drug-likeness (QED) is 0.203. The summed E-state index contributed by atoms with van der Waals surface area (Å²) in [5, 5.41) is 1.16. The predicted octanol–water partition coefficient (Wildman–Crippen LogP) is 9.96. The Balaban J connectivity index is 1.13. The number of para-hydroxylation sites is 5. The van der Waals surface area contributed by atoms with Crippen molar-refractivity contribution in [3.63, 3.8) is 0 Å². The number of fused-ring (bicyclic) bond motifs is 6. The van der Waals surface area contributed by atoms with Crippen LogP contribution in [0.2, 0.25) is 0 Å². The van der Waals surface area contributed by atoms with Gasteiger partial charge in [0.25, 0.3) is 0 Å². The van der Waals surface area contributed by atoms with Crippen molar-refractivity contribution >= 4 is 39.0 Å². The Kier molecular flexibility index (Phi) is 4.70. The van der Waals surface area contributed by atoms with Crippen molar-refractivity contribution in [1.29, 1.82) is 0 Å². The second-order valence-corrected chi connectivity index (χ2v) is 10.5. The first-order valence-electron chi connectivity index (χ1n) is 13.8. The highest BCUT2D eigenvalue weighted by molar-refractivity contribution is 5.95. The zero-order chi connectivity index (χ0) is 27.8. The Bertz CT molecular complexity index is 2210. The number of ether oxygens (including phenoxy) is 2. The largest absolute Gasteiger partial charge is 0.456 e. The summed E-state index contributed by atoms with van der Waals surface area (Å²) in [7, 11) is 0. The summed E-state index contributed by atoms with van der Waals surface area (Å²) in [6.07, 6.45) is 0. The van der Waals surface area contributed by atoms with Crippen molar-refractivity contribution in [3.05, 3.63) is 138 Å². The lowest BCUT2D eigenvalue weighted by atomic mass is 9.97. The lowest BCUT2D eigenvalue weighted by Crippen LogP contribution is -2.20. The van der Waals surface area contributed by atoms with Crippen LogP contribution in [0.5, 0.6) is 23.0 Å². The smallest absolute Gasteiger partial charge is 0.200 e. The fourth-order valence-corrected chi connectivity index (χ4v) is 6.03. The fourth-order valence-electron chi connectivity index (χ4n) is 6.03. The van der Waals surface area contributed by atoms with Gasteiger partial charge in [-0.15, -0.1) is 0 Å². The van der Waals surface area contributed by atoms with Gasteiger partial charge in [-0.3, -0.25) is 9.69 Å². The number of hydrogen-bond acceptors (Lipinski definition) is 5. The van der Waals surface area contributed by atoms with Gasteiger partial charge in [-0.2, -0.15) is 0 Å². The third kappa shape index (κ3) is 3.34. The summed E-state index contributed by atoms with van der Waals surface area (Å²) in [6.45, 7) is 0. The van der Waals surface area contributed by atoms with Crippen LogP contribution in [0.4, 0.5) is 17.1 Å². The highest BCUT2D eigenvalue weighted by Crippen LogP contribution is 2.60. The first-order chi connectivity index (χ1) is 20.7. The molecule has 0 saturated heterocycles. The van der Waals surface area contributed by atoms with E-state index < -0.39 is 0 Å². The van der Waals surface area contributed by atoms with Gasteiger partial charge in [-0.25, -0.2) is 0 Å². The molecule has 0 unspecified atom stereocenters. The molecule has 0 fully saturated rings. The topological polar surface area (TPSA) is 51.9 Å². The molecular weight excluding hydrogens is 522 g/mol. The maximum Gasteiger partial charge on any atom is 0.200 e. The molecule has 0 radical (unpaired) electrons. The van der Waals surface area contributed by atoms with Gasteiger partial charge in [0, 0.05) is 0 Å². The van der Waals surface area contributed by atoms with Gasteiger partial charge < -0.3 is 13.9 Å². The molecular formula is C37H21NO4. The summed E-state index contributed by atoms with van der Waals surface area (Å²) in [5.41, 5.74) is 7.99. The summed E-state index contributed by atoms with van der Waals surface area (Å²) in [6, 6.07) is 41.7. The van der Waals surface area contributed by atoms with E-state index in [0.717, 1.165) is 62.3 Å². The molecule has 7 aromatic rings. The first-order valence-corrected chi connectivity index (χ1v) is 13.8. The summed E-state index contributed by atoms with van der Waals surface area (Å²) >= 11 is 0. The highest BCUT2D eigenvalue weighted by atomic mass is 16.5. The van der Waals surface area contributed by atoms with E-state index in [9.17, 15) is 4.79 Å². The number of hydrogen-bond donors (Lipinski definition) is 0. The van der Waals surface area contributed by atoms with E-state index in [4.69, 9.17) is 13.9 Å². The molecule has 2 aliphatic rings. The molecule has 0 bridgehead atoms. The maximum absolute atomic E-state index is 13.2. The molecule has 9 rings (SSSR count). The summed E-state index contributed by atoms with van der Waals surface area (Å²) in [4.78, 5) is 15.4. The van der Waals surface area contributed by atoms with Gasteiger partial charge in [-0.05, 0) is 82.9 Å². The van der Waals surface area contributed by atoms with E-state index in [2.05, 4.69) is 53.4 Å². The Hall–Kier alpha value is -5.81. The Morgan fingerprint density at radius 3 is 1.69 bits per heavy atom. The van der Waals surface area contributed by atoms with Crippen molar-refractivity contribution in [3.8, 4) is 45.3 Å². The number of nitrogens with zero attached hydrogens (tertiary/aromatic N) is 1. The lowest BCUT2D eigenvalue weighted by molar-refractivity contribution is 0.446.